The first-order valence-corrected chi connectivity index (χ1v) is 24.6. The summed E-state index contributed by atoms with van der Waals surface area (Å²) < 4.78 is 0. The smallest absolute Gasteiger partial charge is 1.00 e. The van der Waals surface area contributed by atoms with Crippen molar-refractivity contribution < 1.29 is 51.0 Å². The van der Waals surface area contributed by atoms with Gasteiger partial charge in [-0.25, -0.2) is 12.2 Å². The molecular weight excluding hydrogens is 799 g/mol. The first-order chi connectivity index (χ1) is 24.1. The van der Waals surface area contributed by atoms with Gasteiger partial charge >= 0.3 is 26.2 Å². The Kier molecular flexibility index (Phi) is 14.2. The maximum Gasteiger partial charge on any atom is 4.00 e. The molecule has 0 fully saturated rings. The second-order valence-electron chi connectivity index (χ2n) is 15.3. The first-order valence-electron chi connectivity index (χ1n) is 17.6. The Morgan fingerprint density at radius 1 is 0.453 bits per heavy atom. The number of fused-ring (bicyclic) bond motifs is 2. The minimum Gasteiger partial charge on any atom is -1.00 e. The van der Waals surface area contributed by atoms with E-state index < -0.39 is 16.1 Å². The van der Waals surface area contributed by atoms with Crippen LogP contribution < -0.4 is 35.2 Å². The molecule has 264 valence electrons. The number of allylic oxidation sites excluding steroid dienone is 2. The van der Waals surface area contributed by atoms with E-state index in [1.54, 1.807) is 0 Å². The SMILES string of the molecule is C[Si](C)(C)c1ccc(-c2cccc3c2C=[C-]C3c2ccccn2)cc1.C[Si](C)(C)c1ccc(-c2cccc3c2C=[C-]C3c2ccccn2)cc1.[Cl-].[Cl-].[Zr+4]. The zero-order valence-corrected chi connectivity index (χ0v) is 37.1. The third-order valence-corrected chi connectivity index (χ3v) is 13.9. The van der Waals surface area contributed by atoms with Crippen LogP contribution in [0.3, 0.4) is 0 Å². The molecule has 2 nitrogen and oxygen atoms in total. The summed E-state index contributed by atoms with van der Waals surface area (Å²) in [6.07, 6.45) is 15.0. The van der Waals surface area contributed by atoms with Gasteiger partial charge in [-0.1, -0.05) is 158 Å². The van der Waals surface area contributed by atoms with Crippen LogP contribution in [0.5, 0.6) is 0 Å². The molecule has 2 atom stereocenters. The fraction of sp³-hybridized carbons (Fsp3) is 0.174. The molecule has 0 radical (unpaired) electrons. The Morgan fingerprint density at radius 2 is 0.830 bits per heavy atom. The van der Waals surface area contributed by atoms with Crippen LogP contribution in [-0.2, 0) is 26.2 Å². The molecule has 0 bridgehead atoms. The fourth-order valence-electron chi connectivity index (χ4n) is 6.89. The van der Waals surface area contributed by atoms with Gasteiger partial charge in [-0.3, -0.25) is 22.1 Å². The topological polar surface area (TPSA) is 25.8 Å². The molecule has 6 aromatic rings. The van der Waals surface area contributed by atoms with Gasteiger partial charge in [-0.05, 0) is 47.2 Å². The Bertz CT molecular complexity index is 2020. The average molecular weight is 843 g/mol. The summed E-state index contributed by atoms with van der Waals surface area (Å²) in [7, 11) is -2.52. The number of rotatable bonds is 6. The van der Waals surface area contributed by atoms with Crippen molar-refractivity contribution in [3.8, 4) is 22.3 Å². The number of pyridine rings is 2. The molecule has 4 aromatic carbocycles. The summed E-state index contributed by atoms with van der Waals surface area (Å²) in [5.41, 5.74) is 12.4. The van der Waals surface area contributed by atoms with Crippen molar-refractivity contribution in [2.24, 2.45) is 0 Å². The van der Waals surface area contributed by atoms with E-state index in [2.05, 4.69) is 171 Å². The monoisotopic (exact) mass is 840 g/mol. The normalized spacial score (nSPS) is 15.1. The third kappa shape index (κ3) is 9.27. The van der Waals surface area contributed by atoms with Gasteiger partial charge in [-0.2, -0.15) is 11.1 Å². The zero-order chi connectivity index (χ0) is 34.9. The summed E-state index contributed by atoms with van der Waals surface area (Å²) in [6, 6.07) is 43.6. The molecule has 2 unspecified atom stereocenters. The Labute approximate surface area is 349 Å². The molecular formula is C46H44Cl2N2Si2Zr. The van der Waals surface area contributed by atoms with Crippen molar-refractivity contribution in [3.63, 3.8) is 0 Å². The van der Waals surface area contributed by atoms with E-state index in [1.165, 1.54) is 54.9 Å². The van der Waals surface area contributed by atoms with E-state index in [9.17, 15) is 0 Å². The molecule has 0 aliphatic heterocycles. The van der Waals surface area contributed by atoms with Crippen LogP contribution >= 0.6 is 0 Å². The predicted molar refractivity (Wildman–Crippen MR) is 217 cm³/mol. The maximum atomic E-state index is 4.52. The zero-order valence-electron chi connectivity index (χ0n) is 31.2. The number of halogens is 2. The summed E-state index contributed by atoms with van der Waals surface area (Å²) >= 11 is 0. The quantitative estimate of drug-likeness (QED) is 0.183. The van der Waals surface area contributed by atoms with E-state index in [4.69, 9.17) is 0 Å². The van der Waals surface area contributed by atoms with Gasteiger partial charge in [0.05, 0.1) is 16.1 Å². The molecule has 2 aliphatic carbocycles. The van der Waals surface area contributed by atoms with E-state index in [0.29, 0.717) is 0 Å². The fourth-order valence-corrected chi connectivity index (χ4v) is 9.22. The molecule has 53 heavy (non-hydrogen) atoms. The van der Waals surface area contributed by atoms with Crippen LogP contribution in [0.4, 0.5) is 0 Å². The third-order valence-electron chi connectivity index (χ3n) is 9.78. The minimum absolute atomic E-state index is 0. The number of hydrogen-bond donors (Lipinski definition) is 0. The summed E-state index contributed by atoms with van der Waals surface area (Å²) in [5.74, 6) is 0.273. The van der Waals surface area contributed by atoms with E-state index >= 15 is 0 Å². The number of aromatic nitrogens is 2. The van der Waals surface area contributed by atoms with Crippen molar-refractivity contribution >= 4 is 38.7 Å². The van der Waals surface area contributed by atoms with Crippen LogP contribution in [0.1, 0.15) is 45.5 Å². The molecule has 0 saturated carbocycles. The molecule has 2 aliphatic rings. The van der Waals surface area contributed by atoms with Crippen molar-refractivity contribution in [2.75, 3.05) is 0 Å². The molecule has 2 aromatic heterocycles. The van der Waals surface area contributed by atoms with Gasteiger partial charge in [0.2, 0.25) is 0 Å². The number of benzene rings is 4. The maximum absolute atomic E-state index is 4.52. The van der Waals surface area contributed by atoms with Crippen molar-refractivity contribution in [1.82, 2.24) is 9.97 Å². The van der Waals surface area contributed by atoms with E-state index in [1.807, 2.05) is 36.7 Å². The molecule has 2 heterocycles. The van der Waals surface area contributed by atoms with Crippen molar-refractivity contribution in [3.05, 3.63) is 180 Å². The average Bonchev–Trinajstić information content (AvgIpc) is 3.77. The van der Waals surface area contributed by atoms with Crippen LogP contribution in [0.2, 0.25) is 39.3 Å². The van der Waals surface area contributed by atoms with Crippen molar-refractivity contribution in [2.45, 2.75) is 51.1 Å². The first kappa shape index (κ1) is 42.3. The Balaban J connectivity index is 0.000000224. The molecule has 7 heteroatoms. The van der Waals surface area contributed by atoms with Gasteiger partial charge in [-0.15, -0.1) is 11.1 Å². The second kappa shape index (κ2) is 17.8. The largest absolute Gasteiger partial charge is 4.00 e. The van der Waals surface area contributed by atoms with Crippen LogP contribution in [0.25, 0.3) is 34.4 Å². The van der Waals surface area contributed by atoms with Gasteiger partial charge in [0.1, 0.15) is 0 Å². The van der Waals surface area contributed by atoms with E-state index in [-0.39, 0.29) is 62.9 Å². The van der Waals surface area contributed by atoms with Crippen LogP contribution in [0, 0.1) is 12.2 Å². The summed E-state index contributed by atoms with van der Waals surface area (Å²) in [5, 5.41) is 2.99. The van der Waals surface area contributed by atoms with Gasteiger partial charge in [0.15, 0.2) is 0 Å². The Hall–Kier alpha value is -3.44. The van der Waals surface area contributed by atoms with Crippen molar-refractivity contribution in [1.29, 1.82) is 0 Å². The number of nitrogens with zero attached hydrogens (tertiary/aromatic N) is 2. The molecule has 0 spiro atoms. The van der Waals surface area contributed by atoms with Gasteiger partial charge in [0.25, 0.3) is 0 Å². The predicted octanol–water partition coefficient (Wildman–Crippen LogP) is 4.52. The molecule has 0 amide bonds. The molecule has 0 saturated heterocycles. The molecule has 8 rings (SSSR count). The standard InChI is InChI=1S/2C23H22NSi.2ClH.Zr/c2*1-25(2,3)18-12-10-17(11-13-18)19-7-6-8-20-21(19)14-15-22(20)23-9-4-5-16-24-23;;;/h2*4-14,16,22H,1-3H3;2*1H;/q2*-1;;;+4/p-2. The summed E-state index contributed by atoms with van der Waals surface area (Å²) in [6.45, 7) is 14.3. The Morgan fingerprint density at radius 3 is 1.15 bits per heavy atom. The molecule has 0 N–H and O–H groups in total. The second-order valence-corrected chi connectivity index (χ2v) is 25.4. The number of hydrogen-bond acceptors (Lipinski definition) is 2. The van der Waals surface area contributed by atoms with Crippen LogP contribution in [0.15, 0.2) is 134 Å². The van der Waals surface area contributed by atoms with Gasteiger partial charge in [0, 0.05) is 23.8 Å². The van der Waals surface area contributed by atoms with Crippen LogP contribution in [-0.4, -0.2) is 26.1 Å². The minimum atomic E-state index is -1.26. The van der Waals surface area contributed by atoms with E-state index in [0.717, 1.165) is 11.4 Å². The summed E-state index contributed by atoms with van der Waals surface area (Å²) in [4.78, 5) is 9.05. The van der Waals surface area contributed by atoms with Gasteiger partial charge < -0.3 is 24.8 Å².